The number of hydrazine groups is 1. The molecule has 7 heteroatoms. The molecule has 0 aliphatic carbocycles. The number of nitrogens with one attached hydrogen (secondary N) is 2. The van der Waals surface area contributed by atoms with Crippen LogP contribution in [0.4, 0.5) is 5.95 Å². The van der Waals surface area contributed by atoms with Crippen LogP contribution in [0.3, 0.4) is 0 Å². The predicted molar refractivity (Wildman–Crippen MR) is 109 cm³/mol. The molecule has 0 saturated heterocycles. The highest BCUT2D eigenvalue weighted by Gasteiger charge is 2.12. The number of aromatic nitrogens is 3. The molecule has 0 saturated carbocycles. The molecule has 140 valence electrons. The fourth-order valence-corrected chi connectivity index (χ4v) is 3.21. The van der Waals surface area contributed by atoms with Crippen LogP contribution in [0.1, 0.15) is 12.5 Å². The third-order valence-corrected chi connectivity index (χ3v) is 4.56. The van der Waals surface area contributed by atoms with Gasteiger partial charge in [0.1, 0.15) is 0 Å². The Morgan fingerprint density at radius 3 is 2.75 bits per heavy atom. The van der Waals surface area contributed by atoms with E-state index < -0.39 is 0 Å². The Hall–Kier alpha value is -3.74. The number of amides is 1. The lowest BCUT2D eigenvalue weighted by Gasteiger charge is -2.14. The van der Waals surface area contributed by atoms with Gasteiger partial charge in [-0.3, -0.25) is 30.0 Å². The van der Waals surface area contributed by atoms with Gasteiger partial charge in [-0.15, -0.1) is 0 Å². The van der Waals surface area contributed by atoms with E-state index in [0.29, 0.717) is 23.4 Å². The first kappa shape index (κ1) is 17.7. The number of benzene rings is 2. The monoisotopic (exact) mass is 373 g/mol. The number of rotatable bonds is 5. The molecule has 2 N–H and O–H groups in total. The summed E-state index contributed by atoms with van der Waals surface area (Å²) in [6, 6.07) is 16.7. The molecule has 28 heavy (non-hydrogen) atoms. The third-order valence-electron chi connectivity index (χ3n) is 4.56. The van der Waals surface area contributed by atoms with E-state index in [4.69, 9.17) is 0 Å². The maximum absolute atomic E-state index is 12.6. The summed E-state index contributed by atoms with van der Waals surface area (Å²) >= 11 is 0. The Morgan fingerprint density at radius 2 is 1.89 bits per heavy atom. The molecule has 0 unspecified atom stereocenters. The van der Waals surface area contributed by atoms with Crippen LogP contribution in [0.25, 0.3) is 21.8 Å². The fourth-order valence-electron chi connectivity index (χ4n) is 3.21. The van der Waals surface area contributed by atoms with Crippen LogP contribution in [-0.4, -0.2) is 20.4 Å². The maximum Gasteiger partial charge on any atom is 0.262 e. The van der Waals surface area contributed by atoms with Gasteiger partial charge in [0.25, 0.3) is 5.56 Å². The van der Waals surface area contributed by atoms with E-state index in [-0.39, 0.29) is 17.9 Å². The van der Waals surface area contributed by atoms with Gasteiger partial charge in [0.2, 0.25) is 11.9 Å². The second-order valence-corrected chi connectivity index (χ2v) is 6.34. The second kappa shape index (κ2) is 7.48. The lowest BCUT2D eigenvalue weighted by Crippen LogP contribution is -2.35. The van der Waals surface area contributed by atoms with E-state index >= 15 is 0 Å². The van der Waals surface area contributed by atoms with Gasteiger partial charge < -0.3 is 0 Å². The summed E-state index contributed by atoms with van der Waals surface area (Å²) in [4.78, 5) is 33.9. The quantitative estimate of drug-likeness (QED) is 0.525. The summed E-state index contributed by atoms with van der Waals surface area (Å²) in [5.41, 5.74) is 7.49. The predicted octanol–water partition coefficient (Wildman–Crippen LogP) is 2.65. The molecule has 2 aromatic carbocycles. The van der Waals surface area contributed by atoms with Gasteiger partial charge in [-0.2, -0.15) is 0 Å². The molecule has 0 fully saturated rings. The van der Waals surface area contributed by atoms with Crippen molar-refractivity contribution in [2.45, 2.75) is 19.9 Å². The van der Waals surface area contributed by atoms with E-state index in [2.05, 4.69) is 20.8 Å². The van der Waals surface area contributed by atoms with Crippen molar-refractivity contribution in [3.05, 3.63) is 76.7 Å². The van der Waals surface area contributed by atoms with E-state index in [1.54, 1.807) is 24.4 Å². The van der Waals surface area contributed by atoms with Crippen LogP contribution in [-0.2, 0) is 17.8 Å². The van der Waals surface area contributed by atoms with Crippen molar-refractivity contribution in [2.24, 2.45) is 0 Å². The van der Waals surface area contributed by atoms with Gasteiger partial charge in [-0.25, -0.2) is 4.98 Å². The van der Waals surface area contributed by atoms with E-state index in [1.165, 1.54) is 4.57 Å². The van der Waals surface area contributed by atoms with E-state index in [0.717, 1.165) is 16.5 Å². The molecule has 0 aliphatic heterocycles. The molecule has 2 heterocycles. The minimum absolute atomic E-state index is 0.150. The Bertz CT molecular complexity index is 1230. The number of hydrogen-bond donors (Lipinski definition) is 2. The highest BCUT2D eigenvalue weighted by molar-refractivity contribution is 5.88. The number of nitrogens with zero attached hydrogens (tertiary/aromatic N) is 3. The summed E-state index contributed by atoms with van der Waals surface area (Å²) < 4.78 is 1.49. The van der Waals surface area contributed by atoms with Crippen molar-refractivity contribution in [2.75, 3.05) is 5.43 Å². The van der Waals surface area contributed by atoms with Crippen LogP contribution in [0.2, 0.25) is 0 Å². The molecular formula is C21H19N5O2. The number of pyridine rings is 1. The van der Waals surface area contributed by atoms with Crippen molar-refractivity contribution in [1.82, 2.24) is 20.0 Å². The van der Waals surface area contributed by atoms with Gasteiger partial charge in [-0.05, 0) is 30.7 Å². The first-order valence-electron chi connectivity index (χ1n) is 9.04. The van der Waals surface area contributed by atoms with Gasteiger partial charge in [0, 0.05) is 18.1 Å². The molecule has 0 bridgehead atoms. The van der Waals surface area contributed by atoms with Crippen LogP contribution >= 0.6 is 0 Å². The van der Waals surface area contributed by atoms with Crippen LogP contribution in [0.5, 0.6) is 0 Å². The number of hydrogen-bond acceptors (Lipinski definition) is 5. The van der Waals surface area contributed by atoms with Gasteiger partial charge >= 0.3 is 0 Å². The zero-order valence-electron chi connectivity index (χ0n) is 15.3. The number of para-hydroxylation sites is 2. The lowest BCUT2D eigenvalue weighted by molar-refractivity contribution is -0.119. The molecule has 4 aromatic rings. The minimum atomic E-state index is -0.247. The number of carbonyl (C=O) groups is 1. The third kappa shape index (κ3) is 3.29. The van der Waals surface area contributed by atoms with E-state index in [1.807, 2.05) is 43.3 Å². The summed E-state index contributed by atoms with van der Waals surface area (Å²) in [5, 5.41) is 1.53. The summed E-state index contributed by atoms with van der Waals surface area (Å²) in [6.45, 7) is 2.29. The zero-order chi connectivity index (χ0) is 19.5. The smallest absolute Gasteiger partial charge is 0.262 e. The SMILES string of the molecule is CCn1c(NNC(=O)Cc2cccc3cccnc23)nc2ccccc2c1=O. The lowest BCUT2D eigenvalue weighted by atomic mass is 10.1. The molecule has 2 aromatic heterocycles. The normalized spacial score (nSPS) is 10.9. The highest BCUT2D eigenvalue weighted by atomic mass is 16.2. The highest BCUT2D eigenvalue weighted by Crippen LogP contribution is 2.16. The summed E-state index contributed by atoms with van der Waals surface area (Å²) in [6.07, 6.45) is 1.87. The van der Waals surface area contributed by atoms with Crippen LogP contribution in [0.15, 0.2) is 65.6 Å². The van der Waals surface area contributed by atoms with Gasteiger partial charge in [0.15, 0.2) is 0 Å². The van der Waals surface area contributed by atoms with Crippen molar-refractivity contribution < 1.29 is 4.79 Å². The maximum atomic E-state index is 12.6. The molecule has 4 rings (SSSR count). The summed E-state index contributed by atoms with van der Waals surface area (Å²) in [5.74, 6) is 0.0545. The first-order valence-corrected chi connectivity index (χ1v) is 9.04. The molecule has 7 nitrogen and oxygen atoms in total. The van der Waals surface area contributed by atoms with E-state index in [9.17, 15) is 9.59 Å². The van der Waals surface area contributed by atoms with Crippen LogP contribution in [0, 0.1) is 0 Å². The van der Waals surface area contributed by atoms with Crippen molar-refractivity contribution in [3.8, 4) is 0 Å². The topological polar surface area (TPSA) is 88.9 Å². The van der Waals surface area contributed by atoms with Crippen LogP contribution < -0.4 is 16.4 Å². The number of fused-ring (bicyclic) bond motifs is 2. The van der Waals surface area contributed by atoms with Gasteiger partial charge in [0.05, 0.1) is 22.8 Å². The fraction of sp³-hybridized carbons (Fsp3) is 0.143. The molecule has 0 radical (unpaired) electrons. The summed E-state index contributed by atoms with van der Waals surface area (Å²) in [7, 11) is 0. The molecule has 0 spiro atoms. The van der Waals surface area contributed by atoms with Crippen molar-refractivity contribution in [3.63, 3.8) is 0 Å². The molecule has 1 amide bonds. The molecular weight excluding hydrogens is 354 g/mol. The average Bonchev–Trinajstić information content (AvgIpc) is 2.73. The second-order valence-electron chi connectivity index (χ2n) is 6.34. The van der Waals surface area contributed by atoms with Crippen molar-refractivity contribution in [1.29, 1.82) is 0 Å². The largest absolute Gasteiger partial charge is 0.277 e. The Labute approximate surface area is 161 Å². The Kier molecular flexibility index (Phi) is 4.72. The Balaban J connectivity index is 1.56. The first-order chi connectivity index (χ1) is 13.7. The minimum Gasteiger partial charge on any atom is -0.277 e. The van der Waals surface area contributed by atoms with Crippen molar-refractivity contribution >= 4 is 33.7 Å². The molecule has 0 aliphatic rings. The number of anilines is 1. The number of carbonyl (C=O) groups excluding carboxylic acids is 1. The molecule has 0 atom stereocenters. The zero-order valence-corrected chi connectivity index (χ0v) is 15.3. The van der Waals surface area contributed by atoms with Gasteiger partial charge in [-0.1, -0.05) is 36.4 Å². The standard InChI is InChI=1S/C21H19N5O2/c1-2-26-20(28)16-10-3-4-11-17(16)23-21(26)25-24-18(27)13-15-8-5-7-14-9-6-12-22-19(14)15/h3-12H,2,13H2,1H3,(H,23,25)(H,24,27). The average molecular weight is 373 g/mol. The Morgan fingerprint density at radius 1 is 1.07 bits per heavy atom.